The van der Waals surface area contributed by atoms with Crippen LogP contribution in [0.5, 0.6) is 0 Å². The smallest absolute Gasteiger partial charge is 0.230 e. The van der Waals surface area contributed by atoms with Crippen molar-refractivity contribution >= 4 is 0 Å². The quantitative estimate of drug-likeness (QED) is 0.267. The molecule has 0 aromatic heterocycles. The van der Waals surface area contributed by atoms with Gasteiger partial charge in [-0.2, -0.15) is 0 Å². The van der Waals surface area contributed by atoms with Gasteiger partial charge in [0.2, 0.25) is 5.28 Å². The molecule has 0 aliphatic rings. The average molecular weight is 204 g/mol. The van der Waals surface area contributed by atoms with Crippen LogP contribution in [-0.2, 0) is 0 Å². The lowest BCUT2D eigenvalue weighted by atomic mass is 10.2. The minimum absolute atomic E-state index is 0.188. The number of hydrogen-bond acceptors (Lipinski definition) is 3. The van der Waals surface area contributed by atoms with Crippen molar-refractivity contribution in [1.29, 1.82) is 0 Å². The van der Waals surface area contributed by atoms with Crippen LogP contribution in [0.4, 0.5) is 0 Å². The summed E-state index contributed by atoms with van der Waals surface area (Å²) in [5, 5.41) is 25.8. The fourth-order valence-electron chi connectivity index (χ4n) is 1.15. The molecule has 2 N–H and O–H groups in total. The molecule has 0 aliphatic heterocycles. The first-order valence-electron chi connectivity index (χ1n) is 4.90. The molecule has 0 amide bonds. The van der Waals surface area contributed by atoms with E-state index in [1.807, 2.05) is 7.05 Å². The van der Waals surface area contributed by atoms with Crippen molar-refractivity contribution in [2.24, 2.45) is 5.28 Å². The molecule has 0 saturated heterocycles. The second-order valence-electron chi connectivity index (χ2n) is 3.24. The molecule has 6 heteroatoms. The van der Waals surface area contributed by atoms with Crippen LogP contribution in [0.3, 0.4) is 0 Å². The molecule has 0 bridgehead atoms. The average Bonchev–Trinajstić information content (AvgIpc) is 2.21. The normalized spacial score (nSPS) is 11.7. The monoisotopic (exact) mass is 204 g/mol. The Hall–Kier alpha value is -1.04. The summed E-state index contributed by atoms with van der Waals surface area (Å²) in [6, 6.07) is 0. The summed E-state index contributed by atoms with van der Waals surface area (Å²) in [6.45, 7) is 1.66. The van der Waals surface area contributed by atoms with Crippen LogP contribution in [0, 0.1) is 5.21 Å². The van der Waals surface area contributed by atoms with Crippen LogP contribution in [0.25, 0.3) is 0 Å². The number of unbranched alkanes of at least 4 members (excludes halogenated alkanes) is 3. The Balaban J connectivity index is 3.27. The van der Waals surface area contributed by atoms with Gasteiger partial charge >= 0.3 is 0 Å². The van der Waals surface area contributed by atoms with Gasteiger partial charge in [0, 0.05) is 0 Å². The third-order valence-electron chi connectivity index (χ3n) is 2.03. The Bertz CT molecular complexity index is 163. The third kappa shape index (κ3) is 6.47. The van der Waals surface area contributed by atoms with Crippen LogP contribution in [0.2, 0.25) is 0 Å². The zero-order valence-corrected chi connectivity index (χ0v) is 8.94. The number of hydrazine groups is 1. The van der Waals surface area contributed by atoms with Crippen molar-refractivity contribution in [3.63, 3.8) is 0 Å². The van der Waals surface area contributed by atoms with E-state index in [0.29, 0.717) is 6.54 Å². The fourth-order valence-corrected chi connectivity index (χ4v) is 1.15. The molecule has 0 saturated carbocycles. The van der Waals surface area contributed by atoms with Gasteiger partial charge in [0.05, 0.1) is 18.6 Å². The van der Waals surface area contributed by atoms with Gasteiger partial charge in [-0.1, -0.05) is 12.8 Å². The van der Waals surface area contributed by atoms with Gasteiger partial charge in [0.25, 0.3) is 0 Å². The molecule has 0 radical (unpaired) electrons. The second-order valence-corrected chi connectivity index (χ2v) is 3.24. The minimum atomic E-state index is 0.188. The number of rotatable bonds is 8. The molecule has 0 heterocycles. The lowest BCUT2D eigenvalue weighted by Gasteiger charge is -2.11. The van der Waals surface area contributed by atoms with Crippen molar-refractivity contribution in [2.45, 2.75) is 25.7 Å². The SMILES string of the molecule is CNCCCCCCN(C)/[N+]([O-])=N/O. The standard InChI is InChI=1S/C8H20N4O2/c1-9-7-5-3-4-6-8-11(2)12(14)10-13/h9,13H,3-8H2,1-2H3/b12-10-. The van der Waals surface area contributed by atoms with E-state index in [1.54, 1.807) is 7.05 Å². The van der Waals surface area contributed by atoms with E-state index in [-0.39, 0.29) is 4.97 Å². The Kier molecular flexibility index (Phi) is 7.92. The van der Waals surface area contributed by atoms with Crippen molar-refractivity contribution in [2.75, 3.05) is 27.2 Å². The largest absolute Gasteiger partial charge is 0.569 e. The predicted octanol–water partition coefficient (Wildman–Crippen LogP) is 0.965. The first-order valence-corrected chi connectivity index (χ1v) is 4.90. The summed E-state index contributed by atoms with van der Waals surface area (Å²) in [5.41, 5.74) is 0. The highest BCUT2D eigenvalue weighted by atomic mass is 16.6. The molecular formula is C8H20N4O2. The topological polar surface area (TPSA) is 73.9 Å². The first kappa shape index (κ1) is 13.0. The van der Waals surface area contributed by atoms with E-state index in [1.165, 1.54) is 5.01 Å². The molecule has 0 rings (SSSR count). The van der Waals surface area contributed by atoms with Crippen LogP contribution in [0.1, 0.15) is 25.7 Å². The molecule has 0 atom stereocenters. The summed E-state index contributed by atoms with van der Waals surface area (Å²) in [4.78, 5) is 0.188. The van der Waals surface area contributed by atoms with E-state index < -0.39 is 0 Å². The predicted molar refractivity (Wildman–Crippen MR) is 52.9 cm³/mol. The summed E-state index contributed by atoms with van der Waals surface area (Å²) in [7, 11) is 3.53. The van der Waals surface area contributed by atoms with Gasteiger partial charge < -0.3 is 15.7 Å². The van der Waals surface area contributed by atoms with Crippen LogP contribution in [0.15, 0.2) is 5.28 Å². The van der Waals surface area contributed by atoms with Gasteiger partial charge in [-0.3, -0.25) is 0 Å². The molecule has 0 unspecified atom stereocenters. The summed E-state index contributed by atoms with van der Waals surface area (Å²) < 4.78 is 0. The van der Waals surface area contributed by atoms with Crippen molar-refractivity contribution in [3.8, 4) is 0 Å². The van der Waals surface area contributed by atoms with Crippen LogP contribution in [-0.4, -0.2) is 42.4 Å². The Labute approximate surface area is 84.7 Å². The highest BCUT2D eigenvalue weighted by Gasteiger charge is 2.03. The molecule has 0 fully saturated rings. The van der Waals surface area contributed by atoms with Gasteiger partial charge in [0.1, 0.15) is 0 Å². The molecular weight excluding hydrogens is 184 g/mol. The van der Waals surface area contributed by atoms with Gasteiger partial charge in [-0.25, -0.2) is 0 Å². The summed E-state index contributed by atoms with van der Waals surface area (Å²) >= 11 is 0. The molecule has 0 aliphatic carbocycles. The highest BCUT2D eigenvalue weighted by Crippen LogP contribution is 2.00. The maximum absolute atomic E-state index is 10.7. The molecule has 0 aromatic rings. The van der Waals surface area contributed by atoms with E-state index in [0.717, 1.165) is 32.2 Å². The zero-order chi connectivity index (χ0) is 10.8. The van der Waals surface area contributed by atoms with Gasteiger partial charge in [-0.15, -0.1) is 5.01 Å². The van der Waals surface area contributed by atoms with Crippen molar-refractivity contribution in [1.82, 2.24) is 10.3 Å². The lowest BCUT2D eigenvalue weighted by molar-refractivity contribution is -0.704. The molecule has 6 nitrogen and oxygen atoms in total. The van der Waals surface area contributed by atoms with Crippen LogP contribution < -0.4 is 5.32 Å². The molecule has 84 valence electrons. The van der Waals surface area contributed by atoms with E-state index in [2.05, 4.69) is 10.6 Å². The van der Waals surface area contributed by atoms with E-state index in [9.17, 15) is 5.21 Å². The summed E-state index contributed by atoms with van der Waals surface area (Å²) in [5.74, 6) is 0. The highest BCUT2D eigenvalue weighted by molar-refractivity contribution is 4.46. The molecule has 0 spiro atoms. The molecule has 0 aromatic carbocycles. The van der Waals surface area contributed by atoms with Crippen molar-refractivity contribution < 1.29 is 10.2 Å². The first-order chi connectivity index (χ1) is 6.72. The van der Waals surface area contributed by atoms with E-state index in [4.69, 9.17) is 5.21 Å². The zero-order valence-electron chi connectivity index (χ0n) is 8.94. The maximum Gasteiger partial charge on any atom is 0.230 e. The minimum Gasteiger partial charge on any atom is -0.569 e. The number of hydrogen-bond donors (Lipinski definition) is 2. The number of nitrogens with zero attached hydrogens (tertiary/aromatic N) is 3. The summed E-state index contributed by atoms with van der Waals surface area (Å²) in [6.07, 6.45) is 4.34. The maximum atomic E-state index is 10.7. The van der Waals surface area contributed by atoms with E-state index >= 15 is 0 Å². The fraction of sp³-hybridized carbons (Fsp3) is 1.00. The third-order valence-corrected chi connectivity index (χ3v) is 2.03. The molecule has 14 heavy (non-hydrogen) atoms. The van der Waals surface area contributed by atoms with Crippen LogP contribution >= 0.6 is 0 Å². The van der Waals surface area contributed by atoms with Gasteiger partial charge in [-0.05, 0) is 26.4 Å². The Morgan fingerprint density at radius 3 is 2.57 bits per heavy atom. The van der Waals surface area contributed by atoms with Gasteiger partial charge in [0.15, 0.2) is 0 Å². The van der Waals surface area contributed by atoms with Crippen molar-refractivity contribution in [3.05, 3.63) is 5.21 Å². The number of nitrogens with one attached hydrogen (secondary N) is 1. The Morgan fingerprint density at radius 1 is 1.36 bits per heavy atom. The lowest BCUT2D eigenvalue weighted by Crippen LogP contribution is -2.27. The Morgan fingerprint density at radius 2 is 2.00 bits per heavy atom. The second kappa shape index (κ2) is 8.55.